The van der Waals surface area contributed by atoms with E-state index in [4.69, 9.17) is 4.74 Å². The summed E-state index contributed by atoms with van der Waals surface area (Å²) in [5, 5.41) is 15.5. The Kier molecular flexibility index (Phi) is 5.73. The number of aliphatic hydroxyl groups excluding tert-OH is 1. The number of hydrogen-bond donors (Lipinski definition) is 3. The van der Waals surface area contributed by atoms with Gasteiger partial charge in [-0.25, -0.2) is 9.78 Å². The van der Waals surface area contributed by atoms with Crippen LogP contribution in [0.5, 0.6) is 5.75 Å². The van der Waals surface area contributed by atoms with Gasteiger partial charge in [0.15, 0.2) is 0 Å². The number of aliphatic hydroxyl groups is 1. The van der Waals surface area contributed by atoms with Crippen LogP contribution in [0.25, 0.3) is 5.69 Å². The molecule has 0 aliphatic rings. The predicted molar refractivity (Wildman–Crippen MR) is 103 cm³/mol. The third kappa shape index (κ3) is 4.65. The zero-order chi connectivity index (χ0) is 19.2. The fraction of sp³-hybridized carbons (Fsp3) is 0.200. The molecule has 1 heterocycles. The summed E-state index contributed by atoms with van der Waals surface area (Å²) < 4.78 is 7.28. The van der Waals surface area contributed by atoms with Gasteiger partial charge in [-0.3, -0.25) is 0 Å². The van der Waals surface area contributed by atoms with Crippen LogP contribution in [-0.2, 0) is 0 Å². The summed E-state index contributed by atoms with van der Waals surface area (Å²) in [5.41, 5.74) is 3.05. The van der Waals surface area contributed by atoms with E-state index in [9.17, 15) is 9.90 Å². The standard InChI is InChI=1S/C20H22N4O3/c1-14-12-24(13-22-14)17-9-8-16(10-19(17)27-2)23-20(26)21-11-18(25)15-6-4-3-5-7-15/h3-10,12-13,18,25H,11H2,1-2H3,(H2,21,23,26)/t18-/m0/s1. The number of aromatic nitrogens is 2. The molecule has 0 saturated carbocycles. The van der Waals surface area contributed by atoms with Crippen molar-refractivity contribution in [2.75, 3.05) is 19.0 Å². The van der Waals surface area contributed by atoms with Gasteiger partial charge < -0.3 is 25.0 Å². The maximum absolute atomic E-state index is 12.1. The van der Waals surface area contributed by atoms with Crippen molar-refractivity contribution in [2.45, 2.75) is 13.0 Å². The van der Waals surface area contributed by atoms with Gasteiger partial charge >= 0.3 is 6.03 Å². The van der Waals surface area contributed by atoms with Gasteiger partial charge in [-0.15, -0.1) is 0 Å². The number of anilines is 1. The minimum absolute atomic E-state index is 0.110. The summed E-state index contributed by atoms with van der Waals surface area (Å²) in [7, 11) is 1.57. The van der Waals surface area contributed by atoms with Gasteiger partial charge in [0.05, 0.1) is 30.9 Å². The van der Waals surface area contributed by atoms with Crippen LogP contribution >= 0.6 is 0 Å². The molecule has 2 amide bonds. The normalized spacial score (nSPS) is 11.7. The zero-order valence-electron chi connectivity index (χ0n) is 15.2. The third-order valence-corrected chi connectivity index (χ3v) is 4.07. The molecule has 7 nitrogen and oxygen atoms in total. The molecular weight excluding hydrogens is 344 g/mol. The number of aryl methyl sites for hydroxylation is 1. The number of nitrogens with one attached hydrogen (secondary N) is 2. The summed E-state index contributed by atoms with van der Waals surface area (Å²) >= 11 is 0. The number of carbonyl (C=O) groups excluding carboxylic acids is 1. The highest BCUT2D eigenvalue weighted by atomic mass is 16.5. The molecule has 3 rings (SSSR count). The minimum Gasteiger partial charge on any atom is -0.494 e. The highest BCUT2D eigenvalue weighted by molar-refractivity contribution is 5.89. The molecule has 0 unspecified atom stereocenters. The van der Waals surface area contributed by atoms with E-state index in [1.54, 1.807) is 25.6 Å². The molecule has 1 aromatic heterocycles. The second-order valence-electron chi connectivity index (χ2n) is 6.07. The number of rotatable bonds is 6. The maximum Gasteiger partial charge on any atom is 0.319 e. The summed E-state index contributed by atoms with van der Waals surface area (Å²) in [5.74, 6) is 0.606. The first-order valence-corrected chi connectivity index (χ1v) is 8.53. The highest BCUT2D eigenvalue weighted by Gasteiger charge is 2.11. The molecule has 0 saturated heterocycles. The second kappa shape index (κ2) is 8.37. The lowest BCUT2D eigenvalue weighted by Gasteiger charge is -2.14. The fourth-order valence-electron chi connectivity index (χ4n) is 2.68. The highest BCUT2D eigenvalue weighted by Crippen LogP contribution is 2.26. The van der Waals surface area contributed by atoms with Crippen molar-refractivity contribution in [3.05, 3.63) is 72.3 Å². The van der Waals surface area contributed by atoms with E-state index in [-0.39, 0.29) is 6.54 Å². The largest absolute Gasteiger partial charge is 0.494 e. The smallest absolute Gasteiger partial charge is 0.319 e. The van der Waals surface area contributed by atoms with Crippen molar-refractivity contribution in [1.82, 2.24) is 14.9 Å². The third-order valence-electron chi connectivity index (χ3n) is 4.07. The van der Waals surface area contributed by atoms with Crippen LogP contribution in [0.15, 0.2) is 61.1 Å². The molecule has 0 radical (unpaired) electrons. The Hall–Kier alpha value is -3.32. The number of imidazole rings is 1. The molecule has 3 N–H and O–H groups in total. The number of amides is 2. The van der Waals surface area contributed by atoms with E-state index in [1.165, 1.54) is 0 Å². The molecule has 0 aliphatic heterocycles. The van der Waals surface area contributed by atoms with Gasteiger partial charge in [-0.2, -0.15) is 0 Å². The lowest BCUT2D eigenvalue weighted by atomic mass is 10.1. The molecule has 0 spiro atoms. The van der Waals surface area contributed by atoms with Gasteiger partial charge in [0.2, 0.25) is 0 Å². The lowest BCUT2D eigenvalue weighted by Crippen LogP contribution is -2.32. The van der Waals surface area contributed by atoms with Crippen LogP contribution < -0.4 is 15.4 Å². The van der Waals surface area contributed by atoms with Crippen LogP contribution in [0.1, 0.15) is 17.4 Å². The number of nitrogens with zero attached hydrogens (tertiary/aromatic N) is 2. The molecule has 7 heteroatoms. The molecule has 0 bridgehead atoms. The lowest BCUT2D eigenvalue weighted by molar-refractivity contribution is 0.175. The average Bonchev–Trinajstić information content (AvgIpc) is 3.12. The van der Waals surface area contributed by atoms with Crippen molar-refractivity contribution in [1.29, 1.82) is 0 Å². The Morgan fingerprint density at radius 1 is 1.26 bits per heavy atom. The molecule has 0 aliphatic carbocycles. The van der Waals surface area contributed by atoms with Crippen molar-refractivity contribution in [3.63, 3.8) is 0 Å². The number of carbonyl (C=O) groups is 1. The molecule has 1 atom stereocenters. The summed E-state index contributed by atoms with van der Waals surface area (Å²) in [6, 6.07) is 14.1. The summed E-state index contributed by atoms with van der Waals surface area (Å²) in [6.45, 7) is 2.02. The van der Waals surface area contributed by atoms with Crippen molar-refractivity contribution < 1.29 is 14.6 Å². The Morgan fingerprint density at radius 3 is 2.70 bits per heavy atom. The number of ether oxygens (including phenoxy) is 1. The van der Waals surface area contributed by atoms with Gasteiger partial charge in [0, 0.05) is 24.5 Å². The quantitative estimate of drug-likeness (QED) is 0.626. The van der Waals surface area contributed by atoms with E-state index >= 15 is 0 Å². The molecule has 2 aromatic carbocycles. The predicted octanol–water partition coefficient (Wildman–Crippen LogP) is 3.04. The van der Waals surface area contributed by atoms with Crippen molar-refractivity contribution >= 4 is 11.7 Å². The molecule has 3 aromatic rings. The molecule has 0 fully saturated rings. The maximum atomic E-state index is 12.1. The first kappa shape index (κ1) is 18.5. The summed E-state index contributed by atoms with van der Waals surface area (Å²) in [6.07, 6.45) is 2.83. The van der Waals surface area contributed by atoms with Crippen LogP contribution in [0.4, 0.5) is 10.5 Å². The molecular formula is C20H22N4O3. The van der Waals surface area contributed by atoms with Gasteiger partial charge in [0.1, 0.15) is 5.75 Å². The van der Waals surface area contributed by atoms with Crippen LogP contribution in [0.2, 0.25) is 0 Å². The van der Waals surface area contributed by atoms with E-state index in [1.807, 2.05) is 54.1 Å². The Morgan fingerprint density at radius 2 is 2.04 bits per heavy atom. The number of methoxy groups -OCH3 is 1. The van der Waals surface area contributed by atoms with Crippen molar-refractivity contribution in [3.8, 4) is 11.4 Å². The number of hydrogen-bond acceptors (Lipinski definition) is 4. The first-order chi connectivity index (χ1) is 13.1. The van der Waals surface area contributed by atoms with E-state index in [0.717, 1.165) is 16.9 Å². The second-order valence-corrected chi connectivity index (χ2v) is 6.07. The van der Waals surface area contributed by atoms with Crippen LogP contribution in [0.3, 0.4) is 0 Å². The fourth-order valence-corrected chi connectivity index (χ4v) is 2.68. The summed E-state index contributed by atoms with van der Waals surface area (Å²) in [4.78, 5) is 16.3. The first-order valence-electron chi connectivity index (χ1n) is 8.53. The van der Waals surface area contributed by atoms with Gasteiger partial charge in [-0.1, -0.05) is 30.3 Å². The Bertz CT molecular complexity index is 909. The van der Waals surface area contributed by atoms with Gasteiger partial charge in [-0.05, 0) is 24.6 Å². The van der Waals surface area contributed by atoms with E-state index in [0.29, 0.717) is 11.4 Å². The number of urea groups is 1. The SMILES string of the molecule is COc1cc(NC(=O)NC[C@H](O)c2ccccc2)ccc1-n1cnc(C)c1. The molecule has 140 valence electrons. The van der Waals surface area contributed by atoms with Crippen LogP contribution in [-0.4, -0.2) is 34.3 Å². The minimum atomic E-state index is -0.765. The average molecular weight is 366 g/mol. The Balaban J connectivity index is 1.62. The van der Waals surface area contributed by atoms with Gasteiger partial charge in [0.25, 0.3) is 0 Å². The van der Waals surface area contributed by atoms with E-state index in [2.05, 4.69) is 15.6 Å². The zero-order valence-corrected chi connectivity index (χ0v) is 15.2. The van der Waals surface area contributed by atoms with Crippen LogP contribution in [0, 0.1) is 6.92 Å². The monoisotopic (exact) mass is 366 g/mol. The Labute approximate surface area is 157 Å². The number of benzene rings is 2. The topological polar surface area (TPSA) is 88.4 Å². The van der Waals surface area contributed by atoms with E-state index < -0.39 is 12.1 Å². The molecule has 27 heavy (non-hydrogen) atoms. The van der Waals surface area contributed by atoms with Crippen molar-refractivity contribution in [2.24, 2.45) is 0 Å².